The molecule has 1 atom stereocenters. The number of furan rings is 1. The number of hydrogen-bond donors (Lipinski definition) is 2. The topological polar surface area (TPSA) is 79.5 Å². The molecule has 0 aliphatic heterocycles. The number of carboxylic acid groups (broad SMARTS) is 1. The van der Waals surface area contributed by atoms with Gasteiger partial charge in [0.15, 0.2) is 5.76 Å². The summed E-state index contributed by atoms with van der Waals surface area (Å²) in [4.78, 5) is 23.2. The first-order valence-corrected chi connectivity index (χ1v) is 7.22. The highest BCUT2D eigenvalue weighted by atomic mass is 16.4. The van der Waals surface area contributed by atoms with Crippen LogP contribution >= 0.6 is 0 Å². The summed E-state index contributed by atoms with van der Waals surface area (Å²) < 4.78 is 5.07. The molecule has 1 aliphatic rings. The number of carboxylic acids is 1. The Balaban J connectivity index is 1.86. The molecule has 5 heteroatoms. The number of hydrogen-bond acceptors (Lipinski definition) is 3. The molecule has 114 valence electrons. The third-order valence-electron chi connectivity index (χ3n) is 4.19. The van der Waals surface area contributed by atoms with Gasteiger partial charge in [-0.1, -0.05) is 24.3 Å². The van der Waals surface area contributed by atoms with Gasteiger partial charge in [-0.15, -0.1) is 0 Å². The van der Waals surface area contributed by atoms with E-state index in [1.165, 1.54) is 11.6 Å². The van der Waals surface area contributed by atoms with E-state index < -0.39 is 17.4 Å². The normalized spacial score (nSPS) is 20.2. The number of amides is 1. The SMILES string of the molecule is CC1(NC(=O)c2cc(C(=O)O)co2)CCCc2ccccc21. The van der Waals surface area contributed by atoms with E-state index >= 15 is 0 Å². The number of fused-ring (bicyclic) bond motifs is 1. The first kappa shape index (κ1) is 14.4. The van der Waals surface area contributed by atoms with E-state index in [-0.39, 0.29) is 11.3 Å². The molecule has 0 saturated carbocycles. The first-order valence-electron chi connectivity index (χ1n) is 7.22. The molecule has 1 aliphatic carbocycles. The molecule has 1 amide bonds. The van der Waals surface area contributed by atoms with E-state index in [2.05, 4.69) is 11.4 Å². The van der Waals surface area contributed by atoms with Gasteiger partial charge < -0.3 is 14.8 Å². The molecule has 0 bridgehead atoms. The number of aromatic carboxylic acids is 1. The van der Waals surface area contributed by atoms with Gasteiger partial charge in [-0.05, 0) is 37.3 Å². The van der Waals surface area contributed by atoms with Gasteiger partial charge in [0.1, 0.15) is 6.26 Å². The standard InChI is InChI=1S/C17H17NO4/c1-17(8-4-6-11-5-2-3-7-13(11)17)18-15(19)14-9-12(10-22-14)16(20)21/h2-3,5,7,9-10H,4,6,8H2,1H3,(H,18,19)(H,20,21). The summed E-state index contributed by atoms with van der Waals surface area (Å²) in [7, 11) is 0. The summed E-state index contributed by atoms with van der Waals surface area (Å²) in [6, 6.07) is 9.31. The molecule has 5 nitrogen and oxygen atoms in total. The second-order valence-corrected chi connectivity index (χ2v) is 5.80. The van der Waals surface area contributed by atoms with Gasteiger partial charge in [-0.25, -0.2) is 4.79 Å². The molecule has 1 heterocycles. The van der Waals surface area contributed by atoms with Crippen LogP contribution in [0.2, 0.25) is 0 Å². The zero-order chi connectivity index (χ0) is 15.7. The van der Waals surface area contributed by atoms with Crippen LogP contribution in [0.1, 0.15) is 51.8 Å². The summed E-state index contributed by atoms with van der Waals surface area (Å²) in [6.45, 7) is 1.99. The summed E-state index contributed by atoms with van der Waals surface area (Å²) in [5.74, 6) is -1.49. The third kappa shape index (κ3) is 2.50. The quantitative estimate of drug-likeness (QED) is 0.913. The molecule has 2 N–H and O–H groups in total. The maximum atomic E-state index is 12.4. The molecule has 3 rings (SSSR count). The molecule has 0 fully saturated rings. The van der Waals surface area contributed by atoms with Crippen LogP contribution in [0.15, 0.2) is 41.0 Å². The van der Waals surface area contributed by atoms with Gasteiger partial charge in [-0.3, -0.25) is 4.79 Å². The van der Waals surface area contributed by atoms with Crippen LogP contribution in [0.5, 0.6) is 0 Å². The van der Waals surface area contributed by atoms with Crippen molar-refractivity contribution < 1.29 is 19.1 Å². The van der Waals surface area contributed by atoms with Crippen LogP contribution in [0.3, 0.4) is 0 Å². The highest BCUT2D eigenvalue weighted by molar-refractivity contribution is 5.95. The summed E-state index contributed by atoms with van der Waals surface area (Å²) in [5.41, 5.74) is 1.85. The predicted molar refractivity (Wildman–Crippen MR) is 79.9 cm³/mol. The van der Waals surface area contributed by atoms with Crippen molar-refractivity contribution in [3.63, 3.8) is 0 Å². The molecule has 1 aromatic heterocycles. The van der Waals surface area contributed by atoms with Crippen molar-refractivity contribution in [2.24, 2.45) is 0 Å². The second kappa shape index (κ2) is 5.33. The minimum Gasteiger partial charge on any atom is -0.478 e. The largest absolute Gasteiger partial charge is 0.478 e. The zero-order valence-corrected chi connectivity index (χ0v) is 12.3. The fraction of sp³-hybridized carbons (Fsp3) is 0.294. The van der Waals surface area contributed by atoms with Gasteiger partial charge in [-0.2, -0.15) is 0 Å². The van der Waals surface area contributed by atoms with Crippen molar-refractivity contribution in [3.05, 3.63) is 59.0 Å². The van der Waals surface area contributed by atoms with E-state index in [4.69, 9.17) is 9.52 Å². The Kier molecular flexibility index (Phi) is 3.48. The van der Waals surface area contributed by atoms with Crippen LogP contribution in [-0.2, 0) is 12.0 Å². The lowest BCUT2D eigenvalue weighted by Crippen LogP contribution is -2.45. The zero-order valence-electron chi connectivity index (χ0n) is 12.3. The van der Waals surface area contributed by atoms with Crippen LogP contribution in [0, 0.1) is 0 Å². The van der Waals surface area contributed by atoms with Gasteiger partial charge in [0, 0.05) is 6.07 Å². The molecular weight excluding hydrogens is 282 g/mol. The van der Waals surface area contributed by atoms with Crippen molar-refractivity contribution in [2.75, 3.05) is 0 Å². The van der Waals surface area contributed by atoms with Crippen molar-refractivity contribution >= 4 is 11.9 Å². The van der Waals surface area contributed by atoms with E-state index in [0.717, 1.165) is 31.1 Å². The van der Waals surface area contributed by atoms with Crippen molar-refractivity contribution in [2.45, 2.75) is 31.7 Å². The number of carbonyl (C=O) groups excluding carboxylic acids is 1. The number of nitrogens with one attached hydrogen (secondary N) is 1. The molecule has 1 unspecified atom stereocenters. The van der Waals surface area contributed by atoms with Crippen LogP contribution in [0.25, 0.3) is 0 Å². The van der Waals surface area contributed by atoms with Crippen molar-refractivity contribution in [1.29, 1.82) is 0 Å². The maximum absolute atomic E-state index is 12.4. The second-order valence-electron chi connectivity index (χ2n) is 5.80. The fourth-order valence-corrected chi connectivity index (χ4v) is 3.05. The van der Waals surface area contributed by atoms with E-state index in [1.807, 2.05) is 25.1 Å². The predicted octanol–water partition coefficient (Wildman–Crippen LogP) is 2.96. The molecule has 0 saturated heterocycles. The van der Waals surface area contributed by atoms with Crippen LogP contribution < -0.4 is 5.32 Å². The van der Waals surface area contributed by atoms with Gasteiger partial charge in [0.05, 0.1) is 11.1 Å². The Labute approximate surface area is 127 Å². The lowest BCUT2D eigenvalue weighted by atomic mass is 9.77. The Morgan fingerprint density at radius 1 is 1.32 bits per heavy atom. The minimum absolute atomic E-state index is 0.0154. The highest BCUT2D eigenvalue weighted by Crippen LogP contribution is 2.35. The Morgan fingerprint density at radius 2 is 2.09 bits per heavy atom. The third-order valence-corrected chi connectivity index (χ3v) is 4.19. The molecule has 1 aromatic carbocycles. The minimum atomic E-state index is -1.11. The Hall–Kier alpha value is -2.56. The Morgan fingerprint density at radius 3 is 2.82 bits per heavy atom. The van der Waals surface area contributed by atoms with Crippen LogP contribution in [0.4, 0.5) is 0 Å². The number of aryl methyl sites for hydroxylation is 1. The molecular formula is C17H17NO4. The van der Waals surface area contributed by atoms with Crippen LogP contribution in [-0.4, -0.2) is 17.0 Å². The molecule has 2 aromatic rings. The molecule has 0 radical (unpaired) electrons. The molecule has 0 spiro atoms. The average Bonchev–Trinajstić information content (AvgIpc) is 2.98. The van der Waals surface area contributed by atoms with Gasteiger partial charge in [0.2, 0.25) is 0 Å². The van der Waals surface area contributed by atoms with E-state index in [1.54, 1.807) is 0 Å². The lowest BCUT2D eigenvalue weighted by Gasteiger charge is -2.36. The van der Waals surface area contributed by atoms with E-state index in [0.29, 0.717) is 0 Å². The number of carbonyl (C=O) groups is 2. The monoisotopic (exact) mass is 299 g/mol. The van der Waals surface area contributed by atoms with Crippen molar-refractivity contribution in [1.82, 2.24) is 5.32 Å². The lowest BCUT2D eigenvalue weighted by molar-refractivity contribution is 0.0695. The first-order chi connectivity index (χ1) is 10.5. The summed E-state index contributed by atoms with van der Waals surface area (Å²) >= 11 is 0. The molecule has 22 heavy (non-hydrogen) atoms. The highest BCUT2D eigenvalue weighted by Gasteiger charge is 2.34. The smallest absolute Gasteiger partial charge is 0.338 e. The summed E-state index contributed by atoms with van der Waals surface area (Å²) in [5, 5.41) is 11.9. The average molecular weight is 299 g/mol. The van der Waals surface area contributed by atoms with Crippen molar-refractivity contribution in [3.8, 4) is 0 Å². The maximum Gasteiger partial charge on any atom is 0.338 e. The van der Waals surface area contributed by atoms with Gasteiger partial charge in [0.25, 0.3) is 5.91 Å². The number of benzene rings is 1. The Bertz CT molecular complexity index is 734. The van der Waals surface area contributed by atoms with Gasteiger partial charge >= 0.3 is 5.97 Å². The van der Waals surface area contributed by atoms with E-state index in [9.17, 15) is 9.59 Å². The summed E-state index contributed by atoms with van der Waals surface area (Å²) in [6.07, 6.45) is 3.91. The number of rotatable bonds is 3. The fourth-order valence-electron chi connectivity index (χ4n) is 3.05.